The zero-order valence-electron chi connectivity index (χ0n) is 20.9. The maximum atomic E-state index is 14.2. The molecule has 0 radical (unpaired) electrons. The molecule has 0 N–H and O–H groups in total. The molecule has 6 nitrogen and oxygen atoms in total. The highest BCUT2D eigenvalue weighted by Crippen LogP contribution is 2.34. The SMILES string of the molecule is CCOc1cc(C=C2SC(N3CCN(c4ccccc4F)CC3)=NC2=O)ccc1OCc1ccccc1Cl. The van der Waals surface area contributed by atoms with E-state index in [9.17, 15) is 9.18 Å². The minimum Gasteiger partial charge on any atom is -0.490 e. The Balaban J connectivity index is 1.24. The molecule has 196 valence electrons. The molecule has 3 aromatic rings. The van der Waals surface area contributed by atoms with Gasteiger partial charge in [-0.2, -0.15) is 4.99 Å². The standard InChI is InChI=1S/C29H27ClFN3O3S/c1-2-36-26-17-20(11-12-25(26)37-19-21-7-3-4-8-22(21)30)18-27-28(35)32-29(38-27)34-15-13-33(14-16-34)24-10-6-5-9-23(24)31/h3-12,17-18H,2,13-16,19H2,1H3. The molecule has 0 unspecified atom stereocenters. The van der Waals surface area contributed by atoms with Crippen LogP contribution in [0, 0.1) is 5.82 Å². The number of rotatable bonds is 7. The Morgan fingerprint density at radius 1 is 0.974 bits per heavy atom. The van der Waals surface area contributed by atoms with E-state index in [1.165, 1.54) is 17.8 Å². The Morgan fingerprint density at radius 2 is 1.71 bits per heavy atom. The summed E-state index contributed by atoms with van der Waals surface area (Å²) >= 11 is 7.61. The Hall–Kier alpha value is -3.49. The molecule has 5 rings (SSSR count). The summed E-state index contributed by atoms with van der Waals surface area (Å²) in [7, 11) is 0. The molecule has 38 heavy (non-hydrogen) atoms. The topological polar surface area (TPSA) is 54.4 Å². The highest BCUT2D eigenvalue weighted by molar-refractivity contribution is 8.18. The summed E-state index contributed by atoms with van der Waals surface area (Å²) in [5.41, 5.74) is 2.31. The van der Waals surface area contributed by atoms with E-state index in [2.05, 4.69) is 9.89 Å². The van der Waals surface area contributed by atoms with Crippen molar-refractivity contribution in [2.75, 3.05) is 37.7 Å². The van der Waals surface area contributed by atoms with Gasteiger partial charge in [-0.25, -0.2) is 4.39 Å². The Bertz CT molecular complexity index is 1390. The number of piperazine rings is 1. The third-order valence-electron chi connectivity index (χ3n) is 6.26. The smallest absolute Gasteiger partial charge is 0.286 e. The molecule has 0 saturated carbocycles. The predicted octanol–water partition coefficient (Wildman–Crippen LogP) is 6.25. The van der Waals surface area contributed by atoms with Crippen molar-refractivity contribution in [3.8, 4) is 11.5 Å². The summed E-state index contributed by atoms with van der Waals surface area (Å²) < 4.78 is 26.0. The van der Waals surface area contributed by atoms with Crippen LogP contribution in [0.1, 0.15) is 18.1 Å². The normalized spacial score (nSPS) is 16.7. The van der Waals surface area contributed by atoms with Crippen molar-refractivity contribution in [1.82, 2.24) is 4.90 Å². The molecule has 2 aliphatic rings. The first-order valence-corrected chi connectivity index (χ1v) is 13.6. The van der Waals surface area contributed by atoms with E-state index in [4.69, 9.17) is 21.1 Å². The van der Waals surface area contributed by atoms with Gasteiger partial charge >= 0.3 is 0 Å². The summed E-state index contributed by atoms with van der Waals surface area (Å²) in [4.78, 5) is 21.6. The minimum absolute atomic E-state index is 0.222. The molecule has 0 bridgehead atoms. The Kier molecular flexibility index (Phi) is 8.20. The third-order valence-corrected chi connectivity index (χ3v) is 7.67. The van der Waals surface area contributed by atoms with Crippen LogP contribution in [-0.2, 0) is 11.4 Å². The number of amides is 1. The quantitative estimate of drug-likeness (QED) is 0.324. The molecule has 2 heterocycles. The first kappa shape index (κ1) is 26.1. The van der Waals surface area contributed by atoms with Gasteiger partial charge in [0.2, 0.25) is 0 Å². The first-order valence-electron chi connectivity index (χ1n) is 12.4. The van der Waals surface area contributed by atoms with Gasteiger partial charge in [-0.1, -0.05) is 48.0 Å². The molecule has 0 spiro atoms. The average Bonchev–Trinajstić information content (AvgIpc) is 3.29. The van der Waals surface area contributed by atoms with Crippen LogP contribution in [-0.4, -0.2) is 48.8 Å². The van der Waals surface area contributed by atoms with E-state index in [1.54, 1.807) is 12.1 Å². The van der Waals surface area contributed by atoms with Crippen molar-refractivity contribution in [2.24, 2.45) is 4.99 Å². The zero-order chi connectivity index (χ0) is 26.5. The van der Waals surface area contributed by atoms with Crippen molar-refractivity contribution in [3.05, 3.63) is 93.6 Å². The average molecular weight is 552 g/mol. The van der Waals surface area contributed by atoms with Crippen molar-refractivity contribution in [3.63, 3.8) is 0 Å². The van der Waals surface area contributed by atoms with Gasteiger partial charge in [0.05, 0.1) is 17.2 Å². The number of amidine groups is 1. The summed E-state index contributed by atoms with van der Waals surface area (Å²) in [6.07, 6.45) is 1.82. The number of anilines is 1. The van der Waals surface area contributed by atoms with Gasteiger partial charge in [0.1, 0.15) is 12.4 Å². The fourth-order valence-electron chi connectivity index (χ4n) is 4.30. The maximum Gasteiger partial charge on any atom is 0.286 e. The Labute approximate surface area is 230 Å². The lowest BCUT2D eigenvalue weighted by atomic mass is 10.2. The highest BCUT2D eigenvalue weighted by Gasteiger charge is 2.29. The molecular formula is C29H27ClFN3O3S. The molecule has 1 saturated heterocycles. The van der Waals surface area contributed by atoms with E-state index in [0.717, 1.165) is 11.1 Å². The van der Waals surface area contributed by atoms with Crippen LogP contribution in [0.5, 0.6) is 11.5 Å². The van der Waals surface area contributed by atoms with Crippen molar-refractivity contribution in [2.45, 2.75) is 13.5 Å². The van der Waals surface area contributed by atoms with Crippen LogP contribution in [0.3, 0.4) is 0 Å². The third kappa shape index (κ3) is 5.97. The second-order valence-electron chi connectivity index (χ2n) is 8.75. The summed E-state index contributed by atoms with van der Waals surface area (Å²) in [5, 5.41) is 1.33. The van der Waals surface area contributed by atoms with Crippen molar-refractivity contribution < 1.29 is 18.7 Å². The van der Waals surface area contributed by atoms with E-state index in [1.807, 2.05) is 66.4 Å². The number of carbonyl (C=O) groups excluding carboxylic acids is 1. The number of aliphatic imine (C=N–C) groups is 1. The number of benzene rings is 3. The highest BCUT2D eigenvalue weighted by atomic mass is 35.5. The lowest BCUT2D eigenvalue weighted by Gasteiger charge is -2.36. The second-order valence-corrected chi connectivity index (χ2v) is 10.2. The minimum atomic E-state index is -0.265. The monoisotopic (exact) mass is 551 g/mol. The number of nitrogens with zero attached hydrogens (tertiary/aromatic N) is 3. The first-order chi connectivity index (χ1) is 18.5. The number of carbonyl (C=O) groups is 1. The molecular weight excluding hydrogens is 525 g/mol. The maximum absolute atomic E-state index is 14.2. The van der Waals surface area contributed by atoms with Crippen LogP contribution >= 0.6 is 23.4 Å². The number of ether oxygens (including phenoxy) is 2. The Morgan fingerprint density at radius 3 is 2.47 bits per heavy atom. The van der Waals surface area contributed by atoms with Crippen molar-refractivity contribution in [1.29, 1.82) is 0 Å². The van der Waals surface area contributed by atoms with Crippen LogP contribution < -0.4 is 14.4 Å². The number of hydrogen-bond acceptors (Lipinski definition) is 6. The lowest BCUT2D eigenvalue weighted by Crippen LogP contribution is -2.48. The summed E-state index contributed by atoms with van der Waals surface area (Å²) in [6, 6.07) is 19.9. The largest absolute Gasteiger partial charge is 0.490 e. The van der Waals surface area contributed by atoms with E-state index in [0.29, 0.717) is 71.7 Å². The van der Waals surface area contributed by atoms with Crippen LogP contribution in [0.4, 0.5) is 10.1 Å². The summed E-state index contributed by atoms with van der Waals surface area (Å²) in [6.45, 7) is 5.32. The number of halogens is 2. The number of hydrogen-bond donors (Lipinski definition) is 0. The number of para-hydroxylation sites is 1. The molecule has 3 aromatic carbocycles. The summed E-state index contributed by atoms with van der Waals surface area (Å²) in [5.74, 6) is 0.706. The van der Waals surface area contributed by atoms with Gasteiger partial charge in [0.15, 0.2) is 16.7 Å². The van der Waals surface area contributed by atoms with Gasteiger partial charge < -0.3 is 19.3 Å². The molecule has 0 aliphatic carbocycles. The molecule has 9 heteroatoms. The molecule has 0 aromatic heterocycles. The zero-order valence-corrected chi connectivity index (χ0v) is 22.5. The van der Waals surface area contributed by atoms with Crippen LogP contribution in [0.25, 0.3) is 6.08 Å². The molecule has 1 amide bonds. The van der Waals surface area contributed by atoms with Crippen molar-refractivity contribution >= 4 is 46.2 Å². The lowest BCUT2D eigenvalue weighted by molar-refractivity contribution is -0.113. The van der Waals surface area contributed by atoms with Gasteiger partial charge in [0.25, 0.3) is 5.91 Å². The van der Waals surface area contributed by atoms with E-state index in [-0.39, 0.29) is 11.7 Å². The van der Waals surface area contributed by atoms with E-state index >= 15 is 0 Å². The van der Waals surface area contributed by atoms with E-state index < -0.39 is 0 Å². The number of thioether (sulfide) groups is 1. The second kappa shape index (κ2) is 11.9. The molecule has 0 atom stereocenters. The van der Waals surface area contributed by atoms with Gasteiger partial charge in [-0.3, -0.25) is 4.79 Å². The fraction of sp³-hybridized carbons (Fsp3) is 0.241. The van der Waals surface area contributed by atoms with Gasteiger partial charge in [0, 0.05) is 36.8 Å². The van der Waals surface area contributed by atoms with Crippen LogP contribution in [0.2, 0.25) is 5.02 Å². The van der Waals surface area contributed by atoms with Gasteiger partial charge in [-0.05, 0) is 60.7 Å². The fourth-order valence-corrected chi connectivity index (χ4v) is 5.46. The molecule has 1 fully saturated rings. The van der Waals surface area contributed by atoms with Crippen LogP contribution in [0.15, 0.2) is 76.6 Å². The van der Waals surface area contributed by atoms with Gasteiger partial charge in [-0.15, -0.1) is 0 Å². The predicted molar refractivity (Wildman–Crippen MR) is 152 cm³/mol. The molecule has 2 aliphatic heterocycles.